The predicted octanol–water partition coefficient (Wildman–Crippen LogP) is 5.79. The molecule has 0 saturated carbocycles. The molecule has 6 heteroatoms. The molecule has 0 aliphatic heterocycles. The van der Waals surface area contributed by atoms with Crippen LogP contribution >= 0.6 is 0 Å². The van der Waals surface area contributed by atoms with Crippen molar-refractivity contribution in [1.82, 2.24) is 5.32 Å². The first-order valence-electron chi connectivity index (χ1n) is 12.8. The lowest BCUT2D eigenvalue weighted by molar-refractivity contribution is -0.138. The Morgan fingerprint density at radius 1 is 0.944 bits per heavy atom. The van der Waals surface area contributed by atoms with Gasteiger partial charge < -0.3 is 20.3 Å². The second-order valence-electron chi connectivity index (χ2n) is 11.0. The van der Waals surface area contributed by atoms with E-state index in [9.17, 15) is 14.7 Å². The van der Waals surface area contributed by atoms with E-state index in [0.29, 0.717) is 5.56 Å². The minimum Gasteiger partial charge on any atom is -0.488 e. The zero-order chi connectivity index (χ0) is 27.4. The van der Waals surface area contributed by atoms with E-state index in [1.54, 1.807) is 6.07 Å². The van der Waals surface area contributed by atoms with Crippen LogP contribution in [0.2, 0.25) is 0 Å². The molecular weight excluding hydrogens is 454 g/mol. The molecule has 0 heterocycles. The summed E-state index contributed by atoms with van der Waals surface area (Å²) in [6.45, 7) is 17.5. The molecule has 0 radical (unpaired) electrons. The van der Waals surface area contributed by atoms with E-state index in [2.05, 4.69) is 31.3 Å². The maximum atomic E-state index is 12.6. The number of aliphatic carboxylic acids is 1. The van der Waals surface area contributed by atoms with Crippen molar-refractivity contribution in [2.45, 2.75) is 98.8 Å². The number of rotatable bonds is 10. The smallest absolute Gasteiger partial charge is 0.325 e. The third-order valence-corrected chi connectivity index (χ3v) is 7.32. The van der Waals surface area contributed by atoms with Crippen LogP contribution in [-0.4, -0.2) is 40.3 Å². The standard InChI is InChI=1S/C30H43NO5/c1-10-30(11-2,22-12-14-24(18(3)16-22)27(33)31-20(5)28(34)35)23-13-15-25(19(4)17-23)36-21(6)26(32)29(7,8)9/h12-17,20-21,26,32H,10-11H2,1-9H3,(H,31,33)(H,34,35)/t20-,21?,26?/m0/s1. The number of hydrogen-bond acceptors (Lipinski definition) is 4. The van der Waals surface area contributed by atoms with Gasteiger partial charge in [0.05, 0.1) is 6.10 Å². The van der Waals surface area contributed by atoms with Crippen molar-refractivity contribution in [2.75, 3.05) is 0 Å². The van der Waals surface area contributed by atoms with Crippen LogP contribution < -0.4 is 10.1 Å². The van der Waals surface area contributed by atoms with Crippen LogP contribution in [0.25, 0.3) is 0 Å². The Hall–Kier alpha value is -2.86. The average Bonchev–Trinajstić information content (AvgIpc) is 2.80. The Morgan fingerprint density at radius 2 is 1.47 bits per heavy atom. The van der Waals surface area contributed by atoms with Gasteiger partial charge in [-0.2, -0.15) is 0 Å². The summed E-state index contributed by atoms with van der Waals surface area (Å²) < 4.78 is 6.15. The molecule has 0 aliphatic carbocycles. The van der Waals surface area contributed by atoms with Crippen molar-refractivity contribution < 1.29 is 24.5 Å². The molecular formula is C30H43NO5. The van der Waals surface area contributed by atoms with Gasteiger partial charge in [-0.25, -0.2) is 0 Å². The molecule has 0 bridgehead atoms. The zero-order valence-electron chi connectivity index (χ0n) is 23.2. The number of carbonyl (C=O) groups is 2. The summed E-state index contributed by atoms with van der Waals surface area (Å²) in [6, 6.07) is 11.1. The molecule has 3 N–H and O–H groups in total. The number of hydrogen-bond donors (Lipinski definition) is 3. The number of aliphatic hydroxyl groups is 1. The van der Waals surface area contributed by atoms with Gasteiger partial charge >= 0.3 is 5.97 Å². The SMILES string of the molecule is CCC(CC)(c1ccc(OC(C)C(O)C(C)(C)C)c(C)c1)c1ccc(C(=O)N[C@@H](C)C(=O)O)c(C)c1. The van der Waals surface area contributed by atoms with Gasteiger partial charge in [-0.1, -0.05) is 58.9 Å². The van der Waals surface area contributed by atoms with E-state index in [0.717, 1.165) is 40.8 Å². The summed E-state index contributed by atoms with van der Waals surface area (Å²) in [5.41, 5.74) is 4.01. The van der Waals surface area contributed by atoms with E-state index in [1.165, 1.54) is 6.92 Å². The molecule has 0 aliphatic rings. The van der Waals surface area contributed by atoms with Crippen molar-refractivity contribution in [1.29, 1.82) is 0 Å². The Morgan fingerprint density at radius 3 is 1.92 bits per heavy atom. The Bertz CT molecular complexity index is 1080. The van der Waals surface area contributed by atoms with E-state index in [-0.39, 0.29) is 16.9 Å². The average molecular weight is 498 g/mol. The number of amides is 1. The normalized spacial score (nSPS) is 14.6. The highest BCUT2D eigenvalue weighted by atomic mass is 16.5. The highest BCUT2D eigenvalue weighted by Crippen LogP contribution is 2.41. The summed E-state index contributed by atoms with van der Waals surface area (Å²) in [4.78, 5) is 23.7. The van der Waals surface area contributed by atoms with Gasteiger partial charge in [0.2, 0.25) is 0 Å². The predicted molar refractivity (Wildman–Crippen MR) is 144 cm³/mol. The van der Waals surface area contributed by atoms with Gasteiger partial charge in [-0.3, -0.25) is 9.59 Å². The Labute approximate surface area is 216 Å². The van der Waals surface area contributed by atoms with Crippen molar-refractivity contribution in [2.24, 2.45) is 5.41 Å². The van der Waals surface area contributed by atoms with E-state index in [1.807, 2.05) is 59.7 Å². The maximum Gasteiger partial charge on any atom is 0.325 e. The first-order chi connectivity index (χ1) is 16.7. The second kappa shape index (κ2) is 11.5. The zero-order valence-corrected chi connectivity index (χ0v) is 23.2. The lowest BCUT2D eigenvalue weighted by atomic mass is 9.70. The molecule has 2 unspecified atom stereocenters. The first kappa shape index (κ1) is 29.4. The number of carbonyl (C=O) groups excluding carboxylic acids is 1. The molecule has 198 valence electrons. The molecule has 0 spiro atoms. The van der Waals surface area contributed by atoms with Gasteiger partial charge in [0.1, 0.15) is 17.9 Å². The summed E-state index contributed by atoms with van der Waals surface area (Å²) in [5.74, 6) is -0.707. The molecule has 0 saturated heterocycles. The minimum atomic E-state index is -1.07. The largest absolute Gasteiger partial charge is 0.488 e. The highest BCUT2D eigenvalue weighted by molar-refractivity contribution is 5.97. The fourth-order valence-corrected chi connectivity index (χ4v) is 4.83. The second-order valence-corrected chi connectivity index (χ2v) is 11.0. The van der Waals surface area contributed by atoms with E-state index < -0.39 is 24.0 Å². The lowest BCUT2D eigenvalue weighted by Crippen LogP contribution is -2.39. The van der Waals surface area contributed by atoms with Crippen LogP contribution in [0, 0.1) is 19.3 Å². The summed E-state index contributed by atoms with van der Waals surface area (Å²) >= 11 is 0. The van der Waals surface area contributed by atoms with Gasteiger partial charge in [0.25, 0.3) is 5.91 Å². The molecule has 2 aromatic carbocycles. The number of ether oxygens (including phenoxy) is 1. The number of carboxylic acids is 1. The fraction of sp³-hybridized carbons (Fsp3) is 0.533. The van der Waals surface area contributed by atoms with Crippen molar-refractivity contribution >= 4 is 11.9 Å². The number of benzene rings is 2. The van der Waals surface area contributed by atoms with Crippen LogP contribution in [0.1, 0.15) is 93.9 Å². The summed E-state index contributed by atoms with van der Waals surface area (Å²) in [7, 11) is 0. The summed E-state index contributed by atoms with van der Waals surface area (Å²) in [6.07, 6.45) is 0.785. The fourth-order valence-electron chi connectivity index (χ4n) is 4.83. The molecule has 36 heavy (non-hydrogen) atoms. The summed E-state index contributed by atoms with van der Waals surface area (Å²) in [5, 5.41) is 22.2. The molecule has 2 aromatic rings. The quantitative estimate of drug-likeness (QED) is 0.386. The van der Waals surface area contributed by atoms with Gasteiger partial charge in [-0.15, -0.1) is 0 Å². The van der Waals surface area contributed by atoms with Crippen LogP contribution in [0.5, 0.6) is 5.75 Å². The molecule has 1 amide bonds. The minimum absolute atomic E-state index is 0.256. The third-order valence-electron chi connectivity index (χ3n) is 7.32. The number of aryl methyl sites for hydroxylation is 2. The van der Waals surface area contributed by atoms with Gasteiger partial charge in [0.15, 0.2) is 0 Å². The van der Waals surface area contributed by atoms with Gasteiger partial charge in [-0.05, 0) is 80.3 Å². The molecule has 2 rings (SSSR count). The van der Waals surface area contributed by atoms with Crippen molar-refractivity contribution in [3.05, 3.63) is 64.2 Å². The van der Waals surface area contributed by atoms with Crippen LogP contribution in [0.4, 0.5) is 0 Å². The number of aliphatic hydroxyl groups excluding tert-OH is 1. The first-order valence-corrected chi connectivity index (χ1v) is 12.8. The number of carboxylic acid groups (broad SMARTS) is 1. The van der Waals surface area contributed by atoms with Crippen molar-refractivity contribution in [3.8, 4) is 5.75 Å². The Kier molecular flexibility index (Phi) is 9.35. The molecule has 0 fully saturated rings. The highest BCUT2D eigenvalue weighted by Gasteiger charge is 2.33. The monoisotopic (exact) mass is 497 g/mol. The van der Waals surface area contributed by atoms with E-state index in [4.69, 9.17) is 9.84 Å². The van der Waals surface area contributed by atoms with Gasteiger partial charge in [0, 0.05) is 11.0 Å². The Balaban J connectivity index is 2.40. The topological polar surface area (TPSA) is 95.9 Å². The maximum absolute atomic E-state index is 12.6. The van der Waals surface area contributed by atoms with Crippen LogP contribution in [0.3, 0.4) is 0 Å². The molecule has 6 nitrogen and oxygen atoms in total. The molecule has 0 aromatic heterocycles. The number of nitrogens with one attached hydrogen (secondary N) is 1. The van der Waals surface area contributed by atoms with Crippen LogP contribution in [0.15, 0.2) is 36.4 Å². The van der Waals surface area contributed by atoms with Crippen LogP contribution in [-0.2, 0) is 10.2 Å². The lowest BCUT2D eigenvalue weighted by Gasteiger charge is -2.35. The third kappa shape index (κ3) is 6.28. The molecule has 3 atom stereocenters. The van der Waals surface area contributed by atoms with Crippen molar-refractivity contribution in [3.63, 3.8) is 0 Å². The van der Waals surface area contributed by atoms with E-state index >= 15 is 0 Å².